The number of pyridine rings is 1. The minimum absolute atomic E-state index is 0.00307. The van der Waals surface area contributed by atoms with E-state index in [9.17, 15) is 22.8 Å². The number of nitrogens with zero attached hydrogens (tertiary/aromatic N) is 2. The number of ketones is 1. The molecule has 1 saturated carbocycles. The maximum absolute atomic E-state index is 13.9. The molecule has 1 aliphatic rings. The fourth-order valence-electron chi connectivity index (χ4n) is 4.23. The van der Waals surface area contributed by atoms with Gasteiger partial charge in [0.25, 0.3) is 5.91 Å². The van der Waals surface area contributed by atoms with Gasteiger partial charge in [0.15, 0.2) is 17.4 Å². The first kappa shape index (κ1) is 26.3. The van der Waals surface area contributed by atoms with Crippen LogP contribution in [0.3, 0.4) is 0 Å². The van der Waals surface area contributed by atoms with Crippen molar-refractivity contribution in [3.8, 4) is 0 Å². The lowest BCUT2D eigenvalue weighted by molar-refractivity contribution is 0.0940. The van der Waals surface area contributed by atoms with Crippen LogP contribution in [0.25, 0.3) is 0 Å². The normalized spacial score (nSPS) is 17.8. The quantitative estimate of drug-likeness (QED) is 0.227. The van der Waals surface area contributed by atoms with Crippen molar-refractivity contribution in [3.05, 3.63) is 94.5 Å². The van der Waals surface area contributed by atoms with E-state index < -0.39 is 23.4 Å². The average molecular weight is 529 g/mol. The van der Waals surface area contributed by atoms with E-state index in [1.807, 2.05) is 0 Å². The summed E-state index contributed by atoms with van der Waals surface area (Å²) in [6.07, 6.45) is 4.82. The van der Waals surface area contributed by atoms with Crippen molar-refractivity contribution in [2.24, 2.45) is 10.9 Å². The van der Waals surface area contributed by atoms with Crippen LogP contribution in [-0.2, 0) is 0 Å². The number of carbonyl (C=O) groups is 2. The molecule has 0 radical (unpaired) electrons. The van der Waals surface area contributed by atoms with E-state index in [4.69, 9.17) is 11.6 Å². The lowest BCUT2D eigenvalue weighted by Crippen LogP contribution is -2.37. The van der Waals surface area contributed by atoms with Gasteiger partial charge in [-0.05, 0) is 80.1 Å². The van der Waals surface area contributed by atoms with Gasteiger partial charge >= 0.3 is 0 Å². The predicted octanol–water partition coefficient (Wildman–Crippen LogP) is 6.18. The van der Waals surface area contributed by atoms with Gasteiger partial charge in [0, 0.05) is 28.9 Å². The van der Waals surface area contributed by atoms with Gasteiger partial charge in [-0.25, -0.2) is 18.2 Å². The van der Waals surface area contributed by atoms with Gasteiger partial charge in [0.05, 0.1) is 6.04 Å². The number of hydrogen-bond acceptors (Lipinski definition) is 4. The maximum Gasteiger partial charge on any atom is 0.258 e. The second-order valence-corrected chi connectivity index (χ2v) is 9.30. The highest BCUT2D eigenvalue weighted by molar-refractivity contribution is 6.31. The summed E-state index contributed by atoms with van der Waals surface area (Å²) in [6.45, 7) is 0. The summed E-state index contributed by atoms with van der Waals surface area (Å²) in [5, 5.41) is 5.57. The lowest BCUT2D eigenvalue weighted by Gasteiger charge is -2.26. The Hall–Kier alpha value is -3.72. The molecule has 0 aliphatic heterocycles. The molecule has 2 N–H and O–H groups in total. The van der Waals surface area contributed by atoms with Crippen LogP contribution in [0.5, 0.6) is 0 Å². The summed E-state index contributed by atoms with van der Waals surface area (Å²) in [6, 6.07) is 11.6. The van der Waals surface area contributed by atoms with Crippen LogP contribution in [0, 0.1) is 23.4 Å². The SMILES string of the molecule is O=C(NC(=NC1CCC(CC(=O)c2ccccn2)CC1)Nc1cc(F)cc(Cl)c1)c1ccc(F)c(F)c1. The van der Waals surface area contributed by atoms with E-state index in [-0.39, 0.29) is 40.0 Å². The molecule has 3 aromatic rings. The molecule has 0 saturated heterocycles. The Balaban J connectivity index is 1.46. The summed E-state index contributed by atoms with van der Waals surface area (Å²) in [5.74, 6) is -3.33. The molecule has 10 heteroatoms. The van der Waals surface area contributed by atoms with Crippen molar-refractivity contribution in [3.63, 3.8) is 0 Å². The van der Waals surface area contributed by atoms with Crippen LogP contribution < -0.4 is 10.6 Å². The molecule has 0 unspecified atom stereocenters. The number of carbonyl (C=O) groups excluding carboxylic acids is 2. The third-order valence-electron chi connectivity index (χ3n) is 6.09. The number of nitrogens with one attached hydrogen (secondary N) is 2. The second-order valence-electron chi connectivity index (χ2n) is 8.86. The molecule has 0 atom stereocenters. The van der Waals surface area contributed by atoms with Gasteiger partial charge in [-0.2, -0.15) is 0 Å². The van der Waals surface area contributed by atoms with Crippen molar-refractivity contribution in [2.45, 2.75) is 38.1 Å². The number of anilines is 1. The standard InChI is InChI=1S/C27H24ClF3N4O2/c28-18-13-19(29)15-21(14-18)34-27(35-26(37)17-6-9-22(30)23(31)12-17)33-20-7-4-16(5-8-20)11-25(36)24-3-1-2-10-32-24/h1-3,6,9-10,12-16,20H,4-5,7-8,11H2,(H2,33,34,35,37). The molecule has 1 heterocycles. The number of guanidine groups is 1. The largest absolute Gasteiger partial charge is 0.326 e. The zero-order valence-corrected chi connectivity index (χ0v) is 20.4. The minimum Gasteiger partial charge on any atom is -0.326 e. The van der Waals surface area contributed by atoms with Crippen LogP contribution in [-0.4, -0.2) is 28.7 Å². The summed E-state index contributed by atoms with van der Waals surface area (Å²) in [7, 11) is 0. The van der Waals surface area contributed by atoms with E-state index in [2.05, 4.69) is 20.6 Å². The third-order valence-corrected chi connectivity index (χ3v) is 6.31. The molecule has 0 spiro atoms. The summed E-state index contributed by atoms with van der Waals surface area (Å²) in [4.78, 5) is 33.9. The molecule has 192 valence electrons. The fourth-order valence-corrected chi connectivity index (χ4v) is 4.45. The molecule has 1 fully saturated rings. The number of amides is 1. The Bertz CT molecular complexity index is 1290. The molecule has 6 nitrogen and oxygen atoms in total. The van der Waals surface area contributed by atoms with Crippen molar-refractivity contribution in [1.29, 1.82) is 0 Å². The van der Waals surface area contributed by atoms with Gasteiger partial charge in [-0.3, -0.25) is 19.9 Å². The highest BCUT2D eigenvalue weighted by Gasteiger charge is 2.24. The van der Waals surface area contributed by atoms with Crippen LogP contribution in [0.15, 0.2) is 65.8 Å². The zero-order valence-electron chi connectivity index (χ0n) is 19.7. The number of benzene rings is 2. The number of rotatable bonds is 6. The second kappa shape index (κ2) is 12.0. The van der Waals surface area contributed by atoms with Crippen LogP contribution in [0.4, 0.5) is 18.9 Å². The number of aromatic nitrogens is 1. The molecule has 0 bridgehead atoms. The van der Waals surface area contributed by atoms with E-state index in [0.717, 1.165) is 37.1 Å². The molecule has 37 heavy (non-hydrogen) atoms. The fraction of sp³-hybridized carbons (Fsp3) is 0.259. The van der Waals surface area contributed by atoms with Gasteiger partial charge in [0.1, 0.15) is 11.5 Å². The zero-order chi connectivity index (χ0) is 26.4. The molecule has 4 rings (SSSR count). The number of halogens is 4. The molecule has 1 aromatic heterocycles. The highest BCUT2D eigenvalue weighted by atomic mass is 35.5. The first-order valence-corrected chi connectivity index (χ1v) is 12.2. The summed E-state index contributed by atoms with van der Waals surface area (Å²) in [5.41, 5.74) is 0.592. The Morgan fingerprint density at radius 1 is 0.973 bits per heavy atom. The molecule has 1 amide bonds. The van der Waals surface area contributed by atoms with Crippen LogP contribution in [0.1, 0.15) is 53.0 Å². The smallest absolute Gasteiger partial charge is 0.258 e. The summed E-state index contributed by atoms with van der Waals surface area (Å²) < 4.78 is 40.8. The maximum atomic E-state index is 13.9. The number of hydrogen-bond donors (Lipinski definition) is 2. The Kier molecular flexibility index (Phi) is 8.55. The topological polar surface area (TPSA) is 83.5 Å². The number of Topliss-reactive ketones (excluding diaryl/α,β-unsaturated/α-hetero) is 1. The molecular weight excluding hydrogens is 505 g/mol. The van der Waals surface area contributed by atoms with Gasteiger partial charge in [-0.1, -0.05) is 17.7 Å². The van der Waals surface area contributed by atoms with Gasteiger partial charge in [0.2, 0.25) is 5.96 Å². The van der Waals surface area contributed by atoms with Crippen molar-refractivity contribution >= 4 is 34.9 Å². The van der Waals surface area contributed by atoms with Crippen LogP contribution >= 0.6 is 11.6 Å². The Labute approximate surface area is 217 Å². The van der Waals surface area contributed by atoms with E-state index in [0.29, 0.717) is 25.0 Å². The van der Waals surface area contributed by atoms with E-state index in [1.165, 1.54) is 12.1 Å². The first-order valence-electron chi connectivity index (χ1n) is 11.8. The Morgan fingerprint density at radius 2 is 1.76 bits per heavy atom. The monoisotopic (exact) mass is 528 g/mol. The lowest BCUT2D eigenvalue weighted by atomic mass is 9.83. The minimum atomic E-state index is -1.16. The summed E-state index contributed by atoms with van der Waals surface area (Å²) >= 11 is 5.94. The van der Waals surface area contributed by atoms with Crippen molar-refractivity contribution in [2.75, 3.05) is 5.32 Å². The molecule has 1 aliphatic carbocycles. The van der Waals surface area contributed by atoms with Gasteiger partial charge < -0.3 is 5.32 Å². The third kappa shape index (κ3) is 7.39. The number of aliphatic imine (C=N–C) groups is 1. The highest BCUT2D eigenvalue weighted by Crippen LogP contribution is 2.30. The predicted molar refractivity (Wildman–Crippen MR) is 135 cm³/mol. The van der Waals surface area contributed by atoms with E-state index in [1.54, 1.807) is 24.4 Å². The van der Waals surface area contributed by atoms with Crippen molar-refractivity contribution in [1.82, 2.24) is 10.3 Å². The van der Waals surface area contributed by atoms with Crippen molar-refractivity contribution < 1.29 is 22.8 Å². The molecular formula is C27H24ClF3N4O2. The Morgan fingerprint density at radius 3 is 2.43 bits per heavy atom. The first-order chi connectivity index (χ1) is 17.8. The molecule has 2 aromatic carbocycles. The van der Waals surface area contributed by atoms with Gasteiger partial charge in [-0.15, -0.1) is 0 Å². The van der Waals surface area contributed by atoms with E-state index >= 15 is 0 Å². The van der Waals surface area contributed by atoms with Crippen LogP contribution in [0.2, 0.25) is 5.02 Å². The average Bonchev–Trinajstić information content (AvgIpc) is 2.86.